The molecule has 0 radical (unpaired) electrons. The maximum atomic E-state index is 8.83. The third-order valence-electron chi connectivity index (χ3n) is 3.09. The summed E-state index contributed by atoms with van der Waals surface area (Å²) < 4.78 is 0. The smallest absolute Gasteiger partial charge is 0.156 e. The summed E-state index contributed by atoms with van der Waals surface area (Å²) in [5, 5.41) is 8.83. The van der Waals surface area contributed by atoms with Crippen molar-refractivity contribution in [2.24, 2.45) is 5.92 Å². The fourth-order valence-corrected chi connectivity index (χ4v) is 2.11. The molecule has 1 unspecified atom stereocenters. The molecule has 0 aromatic heterocycles. The second-order valence-corrected chi connectivity index (χ2v) is 4.35. The molecule has 1 rings (SSSR count). The van der Waals surface area contributed by atoms with Crippen molar-refractivity contribution in [1.29, 1.82) is 0 Å². The fourth-order valence-electron chi connectivity index (χ4n) is 2.11. The standard InChI is InChI=1S/C13H22O2/c1-2-3-4-8-11-13(15-14)12-9-6-5-7-10-12/h12-14H,2-7,9-10H2,1H3. The lowest BCUT2D eigenvalue weighted by Gasteiger charge is -2.24. The van der Waals surface area contributed by atoms with Crippen molar-refractivity contribution in [2.75, 3.05) is 0 Å². The monoisotopic (exact) mass is 210 g/mol. The Labute approximate surface area is 92.9 Å². The molecule has 0 saturated heterocycles. The van der Waals surface area contributed by atoms with Crippen molar-refractivity contribution in [1.82, 2.24) is 0 Å². The zero-order valence-corrected chi connectivity index (χ0v) is 9.67. The van der Waals surface area contributed by atoms with Crippen molar-refractivity contribution < 1.29 is 10.1 Å². The summed E-state index contributed by atoms with van der Waals surface area (Å²) in [7, 11) is 0. The minimum Gasteiger partial charge on any atom is -0.251 e. The first-order chi connectivity index (χ1) is 7.38. The molecule has 1 aliphatic carbocycles. The van der Waals surface area contributed by atoms with Gasteiger partial charge in [0, 0.05) is 6.42 Å². The molecule has 0 aromatic rings. The van der Waals surface area contributed by atoms with E-state index in [2.05, 4.69) is 23.7 Å². The summed E-state index contributed by atoms with van der Waals surface area (Å²) in [6, 6.07) is 0. The molecule has 1 N–H and O–H groups in total. The van der Waals surface area contributed by atoms with Crippen molar-refractivity contribution in [3.05, 3.63) is 0 Å². The highest BCUT2D eigenvalue weighted by Gasteiger charge is 2.22. The lowest BCUT2D eigenvalue weighted by molar-refractivity contribution is -0.275. The molecule has 15 heavy (non-hydrogen) atoms. The molecule has 0 bridgehead atoms. The van der Waals surface area contributed by atoms with E-state index in [9.17, 15) is 0 Å². The van der Waals surface area contributed by atoms with Crippen LogP contribution in [0.3, 0.4) is 0 Å². The summed E-state index contributed by atoms with van der Waals surface area (Å²) in [6.45, 7) is 2.16. The molecule has 0 spiro atoms. The molecule has 2 heteroatoms. The summed E-state index contributed by atoms with van der Waals surface area (Å²) in [4.78, 5) is 4.50. The molecule has 0 amide bonds. The Kier molecular flexibility index (Phi) is 6.47. The van der Waals surface area contributed by atoms with Crippen LogP contribution in [0.1, 0.15) is 58.3 Å². The SMILES string of the molecule is CCCCC#CC(OO)C1CCCCC1. The highest BCUT2D eigenvalue weighted by atomic mass is 17.1. The minimum atomic E-state index is -0.248. The Balaban J connectivity index is 2.34. The van der Waals surface area contributed by atoms with Gasteiger partial charge in [-0.1, -0.05) is 38.5 Å². The van der Waals surface area contributed by atoms with Gasteiger partial charge in [-0.15, -0.1) is 5.92 Å². The first kappa shape index (κ1) is 12.5. The van der Waals surface area contributed by atoms with Crippen LogP contribution in [0.2, 0.25) is 0 Å². The third kappa shape index (κ3) is 4.68. The van der Waals surface area contributed by atoms with Crippen molar-refractivity contribution in [2.45, 2.75) is 64.4 Å². The molecule has 1 saturated carbocycles. The molecule has 2 nitrogen and oxygen atoms in total. The predicted molar refractivity (Wildman–Crippen MR) is 61.4 cm³/mol. The summed E-state index contributed by atoms with van der Waals surface area (Å²) in [5.41, 5.74) is 0. The minimum absolute atomic E-state index is 0.248. The fraction of sp³-hybridized carbons (Fsp3) is 0.846. The van der Waals surface area contributed by atoms with Gasteiger partial charge in [0.1, 0.15) is 0 Å². The third-order valence-corrected chi connectivity index (χ3v) is 3.09. The molecule has 1 fully saturated rings. The van der Waals surface area contributed by atoms with Gasteiger partial charge in [0.05, 0.1) is 0 Å². The lowest BCUT2D eigenvalue weighted by Crippen LogP contribution is -2.23. The van der Waals surface area contributed by atoms with Gasteiger partial charge in [0.25, 0.3) is 0 Å². The van der Waals surface area contributed by atoms with Gasteiger partial charge in [-0.2, -0.15) is 0 Å². The van der Waals surface area contributed by atoms with E-state index in [-0.39, 0.29) is 6.10 Å². The second-order valence-electron chi connectivity index (χ2n) is 4.35. The van der Waals surface area contributed by atoms with E-state index in [0.717, 1.165) is 25.7 Å². The zero-order chi connectivity index (χ0) is 10.9. The summed E-state index contributed by atoms with van der Waals surface area (Å²) in [6.07, 6.45) is 9.09. The van der Waals surface area contributed by atoms with Crippen molar-refractivity contribution >= 4 is 0 Å². The molecular weight excluding hydrogens is 188 g/mol. The molecule has 86 valence electrons. The number of unbranched alkanes of at least 4 members (excludes halogenated alkanes) is 2. The Hall–Kier alpha value is -0.520. The van der Waals surface area contributed by atoms with Gasteiger partial charge in [-0.25, -0.2) is 4.89 Å². The van der Waals surface area contributed by atoms with Gasteiger partial charge < -0.3 is 0 Å². The van der Waals surface area contributed by atoms with E-state index in [1.165, 1.54) is 25.7 Å². The average Bonchev–Trinajstić information content (AvgIpc) is 2.30. The van der Waals surface area contributed by atoms with Gasteiger partial charge in [0.15, 0.2) is 6.10 Å². The Morgan fingerprint density at radius 1 is 1.33 bits per heavy atom. The van der Waals surface area contributed by atoms with Crippen LogP contribution >= 0.6 is 0 Å². The van der Waals surface area contributed by atoms with Crippen LogP contribution in [-0.2, 0) is 4.89 Å². The predicted octanol–water partition coefficient (Wildman–Crippen LogP) is 3.62. The van der Waals surface area contributed by atoms with E-state index in [4.69, 9.17) is 5.26 Å². The first-order valence-corrected chi connectivity index (χ1v) is 6.17. The summed E-state index contributed by atoms with van der Waals surface area (Å²) in [5.74, 6) is 6.59. The normalized spacial score (nSPS) is 19.3. The van der Waals surface area contributed by atoms with Crippen molar-refractivity contribution in [3.63, 3.8) is 0 Å². The number of rotatable bonds is 4. The first-order valence-electron chi connectivity index (χ1n) is 6.17. The highest BCUT2D eigenvalue weighted by Crippen LogP contribution is 2.27. The van der Waals surface area contributed by atoms with Gasteiger partial charge in [-0.3, -0.25) is 5.26 Å². The van der Waals surface area contributed by atoms with Crippen molar-refractivity contribution in [3.8, 4) is 11.8 Å². The zero-order valence-electron chi connectivity index (χ0n) is 9.67. The van der Waals surface area contributed by atoms with Crippen LogP contribution in [0.15, 0.2) is 0 Å². The van der Waals surface area contributed by atoms with E-state index >= 15 is 0 Å². The van der Waals surface area contributed by atoms with Crippen LogP contribution in [-0.4, -0.2) is 11.4 Å². The maximum Gasteiger partial charge on any atom is 0.156 e. The number of hydrogen-bond donors (Lipinski definition) is 1. The van der Waals surface area contributed by atoms with Gasteiger partial charge >= 0.3 is 0 Å². The summed E-state index contributed by atoms with van der Waals surface area (Å²) >= 11 is 0. The van der Waals surface area contributed by atoms with E-state index in [1.54, 1.807) is 0 Å². The molecule has 1 atom stereocenters. The van der Waals surface area contributed by atoms with Crippen LogP contribution < -0.4 is 0 Å². The van der Waals surface area contributed by atoms with Crippen LogP contribution in [0.4, 0.5) is 0 Å². The molecule has 1 aliphatic rings. The molecular formula is C13H22O2. The van der Waals surface area contributed by atoms with Gasteiger partial charge in [-0.05, 0) is 25.2 Å². The van der Waals surface area contributed by atoms with Crippen LogP contribution in [0.5, 0.6) is 0 Å². The van der Waals surface area contributed by atoms with Crippen LogP contribution in [0.25, 0.3) is 0 Å². The number of hydrogen-bond acceptors (Lipinski definition) is 2. The molecule has 0 aromatic carbocycles. The highest BCUT2D eigenvalue weighted by molar-refractivity contribution is 5.07. The van der Waals surface area contributed by atoms with E-state index in [1.807, 2.05) is 0 Å². The largest absolute Gasteiger partial charge is 0.251 e. The quantitative estimate of drug-likeness (QED) is 0.332. The topological polar surface area (TPSA) is 29.5 Å². The second kappa shape index (κ2) is 7.73. The van der Waals surface area contributed by atoms with E-state index < -0.39 is 0 Å². The Bertz CT molecular complexity index is 208. The maximum absolute atomic E-state index is 8.83. The van der Waals surface area contributed by atoms with E-state index in [0.29, 0.717) is 5.92 Å². The Morgan fingerprint density at radius 3 is 2.67 bits per heavy atom. The Morgan fingerprint density at radius 2 is 2.07 bits per heavy atom. The molecule has 0 heterocycles. The van der Waals surface area contributed by atoms with Gasteiger partial charge in [0.2, 0.25) is 0 Å². The van der Waals surface area contributed by atoms with Crippen LogP contribution in [0, 0.1) is 17.8 Å². The average molecular weight is 210 g/mol. The molecule has 0 aliphatic heterocycles. The lowest BCUT2D eigenvalue weighted by atomic mass is 9.85.